The van der Waals surface area contributed by atoms with E-state index < -0.39 is 23.8 Å². The lowest BCUT2D eigenvalue weighted by atomic mass is 9.84. The molecule has 3 rings (SSSR count). The molecule has 7 heteroatoms. The van der Waals surface area contributed by atoms with Gasteiger partial charge in [0.2, 0.25) is 0 Å². The number of carboxylic acid groups (broad SMARTS) is 1. The van der Waals surface area contributed by atoms with Crippen molar-refractivity contribution >= 4 is 35.1 Å². The number of aliphatic carboxylic acids is 1. The van der Waals surface area contributed by atoms with Crippen LogP contribution in [-0.2, 0) is 9.59 Å². The summed E-state index contributed by atoms with van der Waals surface area (Å²) >= 11 is 5.87. The highest BCUT2D eigenvalue weighted by atomic mass is 35.5. The van der Waals surface area contributed by atoms with Crippen LogP contribution in [0.3, 0.4) is 0 Å². The molecule has 0 aromatic heterocycles. The van der Waals surface area contributed by atoms with E-state index in [1.165, 1.54) is 12.1 Å². The monoisotopic (exact) mass is 370 g/mol. The summed E-state index contributed by atoms with van der Waals surface area (Å²) in [5.41, 5.74) is 1.43. The van der Waals surface area contributed by atoms with E-state index in [1.54, 1.807) is 30.4 Å². The zero-order valence-corrected chi connectivity index (χ0v) is 14.3. The van der Waals surface area contributed by atoms with E-state index in [2.05, 4.69) is 10.3 Å². The molecule has 26 heavy (non-hydrogen) atoms. The van der Waals surface area contributed by atoms with Crippen LogP contribution < -0.4 is 5.32 Å². The zero-order valence-electron chi connectivity index (χ0n) is 13.6. The Morgan fingerprint density at radius 2 is 2.12 bits per heavy atom. The lowest BCUT2D eigenvalue weighted by molar-refractivity contribution is -0.139. The molecular weight excluding hydrogens is 356 g/mol. The van der Waals surface area contributed by atoms with Crippen LogP contribution in [0.5, 0.6) is 0 Å². The number of hydrogen-bond acceptors (Lipinski definition) is 3. The Balaban J connectivity index is 1.78. The molecule has 0 fully saturated rings. The molecule has 1 aromatic rings. The van der Waals surface area contributed by atoms with Crippen molar-refractivity contribution in [2.24, 2.45) is 10.9 Å². The number of rotatable bonds is 5. The Morgan fingerprint density at radius 3 is 2.85 bits per heavy atom. The van der Waals surface area contributed by atoms with Crippen molar-refractivity contribution in [1.82, 2.24) is 5.32 Å². The first-order chi connectivity index (χ1) is 12.4. The summed E-state index contributed by atoms with van der Waals surface area (Å²) in [4.78, 5) is 39.7. The number of allylic oxidation sites excluding steroid dienone is 4. The van der Waals surface area contributed by atoms with Gasteiger partial charge < -0.3 is 10.4 Å². The number of carbonyl (C=O) groups is 3. The first-order valence-corrected chi connectivity index (χ1v) is 8.29. The van der Waals surface area contributed by atoms with Crippen LogP contribution in [0.25, 0.3) is 0 Å². The number of amides is 2. The fourth-order valence-electron chi connectivity index (χ4n) is 2.85. The van der Waals surface area contributed by atoms with Gasteiger partial charge in [-0.2, -0.15) is 0 Å². The minimum Gasteiger partial charge on any atom is -0.480 e. The molecule has 2 N–H and O–H groups in total. The summed E-state index contributed by atoms with van der Waals surface area (Å²) in [7, 11) is 0. The number of fused-ring (bicyclic) bond motifs is 1. The van der Waals surface area contributed by atoms with Crippen molar-refractivity contribution in [2.45, 2.75) is 12.5 Å². The average Bonchev–Trinajstić information content (AvgIpc) is 2.60. The van der Waals surface area contributed by atoms with Gasteiger partial charge in [-0.15, -0.1) is 0 Å². The van der Waals surface area contributed by atoms with Gasteiger partial charge in [0.15, 0.2) is 0 Å². The number of aliphatic imine (C=N–C) groups is 1. The fraction of sp³-hybridized carbons (Fsp3) is 0.158. The Bertz CT molecular complexity index is 899. The van der Waals surface area contributed by atoms with Crippen molar-refractivity contribution in [3.05, 3.63) is 70.8 Å². The Hall–Kier alpha value is -2.99. The van der Waals surface area contributed by atoms with Crippen LogP contribution in [0, 0.1) is 5.92 Å². The number of carboxylic acids is 1. The smallest absolute Gasteiger partial charge is 0.326 e. The Kier molecular flexibility index (Phi) is 5.14. The standard InChI is InChI=1S/C19H15ClN2O4/c20-13-5-3-4-11(8-13)18(24)22-16(19(25)26)9-12-10-17(23)21-15-7-2-1-6-14(12)15/h1-8,10,14,16H,9H2,(H,22,24)(H,25,26). The third-order valence-corrected chi connectivity index (χ3v) is 4.31. The highest BCUT2D eigenvalue weighted by Gasteiger charge is 2.29. The van der Waals surface area contributed by atoms with E-state index in [0.29, 0.717) is 16.3 Å². The summed E-state index contributed by atoms with van der Waals surface area (Å²) in [6, 6.07) is 5.05. The number of dihydropyridines is 1. The molecule has 2 unspecified atom stereocenters. The van der Waals surface area contributed by atoms with Crippen LogP contribution in [-0.4, -0.2) is 34.6 Å². The molecule has 0 radical (unpaired) electrons. The molecule has 1 aliphatic heterocycles. The molecule has 132 valence electrons. The number of nitrogens with zero attached hydrogens (tertiary/aromatic N) is 1. The highest BCUT2D eigenvalue weighted by molar-refractivity contribution is 6.31. The lowest BCUT2D eigenvalue weighted by Crippen LogP contribution is -2.42. The summed E-state index contributed by atoms with van der Waals surface area (Å²) in [5, 5.41) is 12.4. The average molecular weight is 371 g/mol. The van der Waals surface area contributed by atoms with Gasteiger partial charge in [-0.3, -0.25) is 9.59 Å². The normalized spacial score (nSPS) is 19.3. The van der Waals surface area contributed by atoms with E-state index >= 15 is 0 Å². The van der Waals surface area contributed by atoms with Gasteiger partial charge in [0, 0.05) is 29.0 Å². The van der Waals surface area contributed by atoms with Crippen LogP contribution in [0.15, 0.2) is 65.2 Å². The quantitative estimate of drug-likeness (QED) is 0.832. The van der Waals surface area contributed by atoms with Crippen LogP contribution >= 0.6 is 11.6 Å². The first kappa shape index (κ1) is 17.8. The second-order valence-electron chi connectivity index (χ2n) is 5.89. The molecule has 0 saturated heterocycles. The molecule has 1 heterocycles. The van der Waals surface area contributed by atoms with Gasteiger partial charge in [0.25, 0.3) is 11.8 Å². The van der Waals surface area contributed by atoms with Gasteiger partial charge in [-0.1, -0.05) is 35.9 Å². The number of carbonyl (C=O) groups excluding carboxylic acids is 2. The third-order valence-electron chi connectivity index (χ3n) is 4.08. The van der Waals surface area contributed by atoms with Crippen LogP contribution in [0.1, 0.15) is 16.8 Å². The largest absolute Gasteiger partial charge is 0.480 e. The van der Waals surface area contributed by atoms with Crippen molar-refractivity contribution in [3.63, 3.8) is 0 Å². The molecular formula is C19H15ClN2O4. The van der Waals surface area contributed by atoms with E-state index in [9.17, 15) is 19.5 Å². The maximum atomic E-state index is 12.3. The van der Waals surface area contributed by atoms with Gasteiger partial charge in [-0.05, 0) is 29.8 Å². The minimum absolute atomic E-state index is 0.00472. The number of nitrogens with one attached hydrogen (secondary N) is 1. The van der Waals surface area contributed by atoms with Crippen molar-refractivity contribution in [2.75, 3.05) is 0 Å². The summed E-state index contributed by atoms with van der Waals surface area (Å²) in [6.45, 7) is 0. The predicted molar refractivity (Wildman–Crippen MR) is 97.3 cm³/mol. The Morgan fingerprint density at radius 1 is 1.31 bits per heavy atom. The second-order valence-corrected chi connectivity index (χ2v) is 6.33. The molecule has 1 aromatic carbocycles. The molecule has 0 bridgehead atoms. The second kappa shape index (κ2) is 7.49. The summed E-state index contributed by atoms with van der Waals surface area (Å²) in [5.74, 6) is -2.43. The van der Waals surface area contributed by atoms with Crippen molar-refractivity contribution < 1.29 is 19.5 Å². The van der Waals surface area contributed by atoms with Crippen LogP contribution in [0.2, 0.25) is 5.02 Å². The molecule has 0 saturated carbocycles. The van der Waals surface area contributed by atoms with Gasteiger partial charge in [0.1, 0.15) is 6.04 Å². The van der Waals surface area contributed by atoms with Gasteiger partial charge in [-0.25, -0.2) is 9.79 Å². The number of hydrogen-bond donors (Lipinski definition) is 2. The number of halogens is 1. The maximum Gasteiger partial charge on any atom is 0.326 e. The predicted octanol–water partition coefficient (Wildman–Crippen LogP) is 2.56. The van der Waals surface area contributed by atoms with Gasteiger partial charge >= 0.3 is 5.97 Å². The number of benzene rings is 1. The summed E-state index contributed by atoms with van der Waals surface area (Å²) in [6.07, 6.45) is 8.47. The van der Waals surface area contributed by atoms with E-state index in [0.717, 1.165) is 0 Å². The first-order valence-electron chi connectivity index (χ1n) is 7.91. The summed E-state index contributed by atoms with van der Waals surface area (Å²) < 4.78 is 0. The van der Waals surface area contributed by atoms with Crippen molar-refractivity contribution in [1.29, 1.82) is 0 Å². The highest BCUT2D eigenvalue weighted by Crippen LogP contribution is 2.27. The van der Waals surface area contributed by atoms with E-state index in [-0.39, 0.29) is 17.9 Å². The van der Waals surface area contributed by atoms with Crippen LogP contribution in [0.4, 0.5) is 0 Å². The third kappa shape index (κ3) is 3.97. The fourth-order valence-corrected chi connectivity index (χ4v) is 3.04. The SMILES string of the molecule is O=C1C=C(CC(NC(=O)c2cccc(Cl)c2)C(=O)O)C2C=CC=CC2=N1. The van der Waals surface area contributed by atoms with Crippen molar-refractivity contribution in [3.8, 4) is 0 Å². The molecule has 1 aliphatic carbocycles. The van der Waals surface area contributed by atoms with E-state index in [1.807, 2.05) is 12.2 Å². The lowest BCUT2D eigenvalue weighted by Gasteiger charge is -2.25. The molecule has 2 aliphatic rings. The topological polar surface area (TPSA) is 95.8 Å². The van der Waals surface area contributed by atoms with Gasteiger partial charge in [0.05, 0.1) is 5.71 Å². The molecule has 2 atom stereocenters. The Labute approximate surface area is 154 Å². The molecule has 6 nitrogen and oxygen atoms in total. The molecule has 2 amide bonds. The zero-order chi connectivity index (χ0) is 18.7. The van der Waals surface area contributed by atoms with E-state index in [4.69, 9.17) is 11.6 Å². The molecule has 0 spiro atoms. The maximum absolute atomic E-state index is 12.3. The minimum atomic E-state index is -1.19.